The van der Waals surface area contributed by atoms with Crippen LogP contribution in [0.25, 0.3) is 26.0 Å². The van der Waals surface area contributed by atoms with Crippen LogP contribution in [0.1, 0.15) is 5.56 Å². The molecule has 0 aliphatic carbocycles. The van der Waals surface area contributed by atoms with Gasteiger partial charge in [0.05, 0.1) is 17.7 Å². The summed E-state index contributed by atoms with van der Waals surface area (Å²) >= 11 is 7.54. The first kappa shape index (κ1) is 17.9. The molecule has 3 aromatic carbocycles. The highest BCUT2D eigenvalue weighted by atomic mass is 35.5. The van der Waals surface area contributed by atoms with Gasteiger partial charge in [0.2, 0.25) is 0 Å². The maximum Gasteiger partial charge on any atom is 0.336 e. The molecule has 0 fully saturated rings. The topological polar surface area (TPSA) is 44.0 Å². The summed E-state index contributed by atoms with van der Waals surface area (Å²) in [6.45, 7) is 0.373. The lowest BCUT2D eigenvalue weighted by Crippen LogP contribution is -2.38. The molecule has 5 aromatic rings. The number of hydrogen-bond donors (Lipinski definition) is 0. The van der Waals surface area contributed by atoms with Crippen LogP contribution in [0.4, 0.5) is 0 Å². The lowest BCUT2D eigenvalue weighted by Gasteiger charge is -2.13. The van der Waals surface area contributed by atoms with E-state index in [1.807, 2.05) is 54.6 Å². The van der Waals surface area contributed by atoms with E-state index in [0.29, 0.717) is 27.5 Å². The zero-order valence-corrected chi connectivity index (χ0v) is 16.8. The van der Waals surface area contributed by atoms with Gasteiger partial charge in [-0.2, -0.15) is 0 Å². The van der Waals surface area contributed by atoms with Crippen LogP contribution in [0.15, 0.2) is 88.5 Å². The van der Waals surface area contributed by atoms with Crippen molar-refractivity contribution in [2.45, 2.75) is 6.54 Å². The summed E-state index contributed by atoms with van der Waals surface area (Å²) in [5, 5.41) is 1.38. The second kappa shape index (κ2) is 7.03. The van der Waals surface area contributed by atoms with Crippen LogP contribution >= 0.6 is 22.9 Å². The Morgan fingerprint density at radius 2 is 1.62 bits per heavy atom. The molecule has 142 valence electrons. The summed E-state index contributed by atoms with van der Waals surface area (Å²) in [5.41, 5.74) is 1.44. The normalized spacial score (nSPS) is 11.3. The van der Waals surface area contributed by atoms with Crippen molar-refractivity contribution in [3.05, 3.63) is 110 Å². The molecule has 0 unspecified atom stereocenters. The van der Waals surface area contributed by atoms with Crippen molar-refractivity contribution in [2.75, 3.05) is 0 Å². The molecule has 0 aliphatic heterocycles. The minimum atomic E-state index is -0.378. The van der Waals surface area contributed by atoms with Crippen molar-refractivity contribution < 1.29 is 0 Å². The number of nitrogens with zero attached hydrogens (tertiary/aromatic N) is 2. The first-order valence-corrected chi connectivity index (χ1v) is 10.3. The Bertz CT molecular complexity index is 1480. The molecule has 0 spiro atoms. The molecule has 0 aliphatic rings. The standard InChI is InChI=1S/C23H15ClN2O2S/c24-16-9-6-10-17(13-16)26-22(27)21-20(18-11-4-5-12-19(18)29-21)25(23(26)28)14-15-7-2-1-3-8-15/h1-13H,14H2. The molecule has 2 aromatic heterocycles. The molecule has 0 N–H and O–H groups in total. The molecule has 5 rings (SSSR count). The van der Waals surface area contributed by atoms with Gasteiger partial charge in [-0.3, -0.25) is 9.36 Å². The minimum Gasteiger partial charge on any atom is -0.287 e. The second-order valence-electron chi connectivity index (χ2n) is 6.75. The Morgan fingerprint density at radius 3 is 2.41 bits per heavy atom. The van der Waals surface area contributed by atoms with Gasteiger partial charge in [-0.25, -0.2) is 9.36 Å². The van der Waals surface area contributed by atoms with Crippen LogP contribution in [0.3, 0.4) is 0 Å². The van der Waals surface area contributed by atoms with E-state index < -0.39 is 0 Å². The second-order valence-corrected chi connectivity index (χ2v) is 8.24. The van der Waals surface area contributed by atoms with E-state index in [1.165, 1.54) is 15.9 Å². The molecular formula is C23H15ClN2O2S. The fraction of sp³-hybridized carbons (Fsp3) is 0.0435. The smallest absolute Gasteiger partial charge is 0.287 e. The molecule has 4 nitrogen and oxygen atoms in total. The van der Waals surface area contributed by atoms with Crippen molar-refractivity contribution in [2.24, 2.45) is 0 Å². The van der Waals surface area contributed by atoms with Gasteiger partial charge in [-0.15, -0.1) is 11.3 Å². The van der Waals surface area contributed by atoms with Gasteiger partial charge in [0.15, 0.2) is 0 Å². The van der Waals surface area contributed by atoms with Gasteiger partial charge in [0.25, 0.3) is 5.56 Å². The maximum atomic E-state index is 13.5. The van der Waals surface area contributed by atoms with Crippen molar-refractivity contribution >= 4 is 43.2 Å². The van der Waals surface area contributed by atoms with Gasteiger partial charge in [-0.1, -0.05) is 66.2 Å². The zero-order chi connectivity index (χ0) is 20.0. The predicted octanol–water partition coefficient (Wildman–Crippen LogP) is 5.07. The number of halogens is 1. The third-order valence-corrected chi connectivity index (χ3v) is 6.29. The monoisotopic (exact) mass is 418 g/mol. The number of hydrogen-bond acceptors (Lipinski definition) is 3. The van der Waals surface area contributed by atoms with E-state index >= 15 is 0 Å². The van der Waals surface area contributed by atoms with Gasteiger partial charge in [-0.05, 0) is 29.8 Å². The summed E-state index contributed by atoms with van der Waals surface area (Å²) in [6, 6.07) is 24.4. The lowest BCUT2D eigenvalue weighted by atomic mass is 10.2. The zero-order valence-electron chi connectivity index (χ0n) is 15.2. The average molecular weight is 419 g/mol. The molecule has 0 saturated carbocycles. The molecule has 2 heterocycles. The molecule has 0 radical (unpaired) electrons. The van der Waals surface area contributed by atoms with Crippen molar-refractivity contribution in [1.82, 2.24) is 9.13 Å². The van der Waals surface area contributed by atoms with E-state index in [-0.39, 0.29) is 11.2 Å². The quantitative estimate of drug-likeness (QED) is 0.410. The van der Waals surface area contributed by atoms with Gasteiger partial charge in [0.1, 0.15) is 4.70 Å². The third-order valence-electron chi connectivity index (χ3n) is 4.91. The van der Waals surface area contributed by atoms with E-state index in [0.717, 1.165) is 15.6 Å². The third kappa shape index (κ3) is 2.99. The highest BCUT2D eigenvalue weighted by molar-refractivity contribution is 7.25. The van der Waals surface area contributed by atoms with Gasteiger partial charge < -0.3 is 0 Å². The number of fused-ring (bicyclic) bond motifs is 3. The number of aromatic nitrogens is 2. The summed E-state index contributed by atoms with van der Waals surface area (Å²) in [7, 11) is 0. The largest absolute Gasteiger partial charge is 0.336 e. The number of benzene rings is 3. The van der Waals surface area contributed by atoms with Crippen molar-refractivity contribution in [1.29, 1.82) is 0 Å². The fourth-order valence-corrected chi connectivity index (χ4v) is 4.93. The molecular weight excluding hydrogens is 404 g/mol. The molecule has 0 amide bonds. The summed E-state index contributed by atoms with van der Waals surface area (Å²) in [5.74, 6) is 0. The Morgan fingerprint density at radius 1 is 0.862 bits per heavy atom. The SMILES string of the molecule is O=c1c2sc3ccccc3c2n(Cc2ccccc2)c(=O)n1-c1cccc(Cl)c1. The summed E-state index contributed by atoms with van der Waals surface area (Å²) in [6.07, 6.45) is 0. The van der Waals surface area contributed by atoms with E-state index in [9.17, 15) is 9.59 Å². The fourth-order valence-electron chi connectivity index (χ4n) is 3.61. The van der Waals surface area contributed by atoms with Crippen LogP contribution in [0.5, 0.6) is 0 Å². The molecule has 6 heteroatoms. The van der Waals surface area contributed by atoms with Crippen LogP contribution in [-0.4, -0.2) is 9.13 Å². The Labute approximate surface area is 174 Å². The van der Waals surface area contributed by atoms with E-state index in [4.69, 9.17) is 11.6 Å². The molecule has 29 heavy (non-hydrogen) atoms. The number of thiophene rings is 1. The molecule has 0 bridgehead atoms. The minimum absolute atomic E-state index is 0.322. The Balaban J connectivity index is 1.92. The van der Waals surface area contributed by atoms with Crippen LogP contribution < -0.4 is 11.2 Å². The molecule has 0 atom stereocenters. The van der Waals surface area contributed by atoms with Crippen LogP contribution in [0.2, 0.25) is 5.02 Å². The van der Waals surface area contributed by atoms with E-state index in [2.05, 4.69) is 0 Å². The van der Waals surface area contributed by atoms with Crippen LogP contribution in [0, 0.1) is 0 Å². The predicted molar refractivity (Wildman–Crippen MR) is 120 cm³/mol. The highest BCUT2D eigenvalue weighted by Crippen LogP contribution is 2.31. The van der Waals surface area contributed by atoms with Crippen molar-refractivity contribution in [3.63, 3.8) is 0 Å². The first-order valence-electron chi connectivity index (χ1n) is 9.10. The summed E-state index contributed by atoms with van der Waals surface area (Å²) < 4.78 is 4.43. The Hall–Kier alpha value is -3.15. The summed E-state index contributed by atoms with van der Waals surface area (Å²) in [4.78, 5) is 26.9. The maximum absolute atomic E-state index is 13.5. The van der Waals surface area contributed by atoms with Crippen molar-refractivity contribution in [3.8, 4) is 5.69 Å². The highest BCUT2D eigenvalue weighted by Gasteiger charge is 2.19. The Kier molecular flexibility index (Phi) is 4.34. The number of rotatable bonds is 3. The van der Waals surface area contributed by atoms with E-state index in [1.54, 1.807) is 28.8 Å². The van der Waals surface area contributed by atoms with Crippen LogP contribution in [-0.2, 0) is 6.54 Å². The molecule has 0 saturated heterocycles. The van der Waals surface area contributed by atoms with Gasteiger partial charge >= 0.3 is 5.69 Å². The average Bonchev–Trinajstić information content (AvgIpc) is 3.12. The lowest BCUT2D eigenvalue weighted by molar-refractivity contribution is 0.718. The van der Waals surface area contributed by atoms with Gasteiger partial charge in [0, 0.05) is 15.1 Å². The first-order chi connectivity index (χ1) is 14.1.